The van der Waals surface area contributed by atoms with E-state index in [2.05, 4.69) is 27.0 Å². The molecule has 1 aromatic heterocycles. The van der Waals surface area contributed by atoms with Crippen molar-refractivity contribution in [3.63, 3.8) is 0 Å². The normalized spacial score (nSPS) is 15.4. The number of likely N-dealkylation sites (N-methyl/N-ethyl adjacent to an activating group) is 1. The number of hydrogen-bond donors (Lipinski definition) is 1. The van der Waals surface area contributed by atoms with Gasteiger partial charge in [0, 0.05) is 32.7 Å². The first kappa shape index (κ1) is 19.3. The Kier molecular flexibility index (Phi) is 7.33. The molecule has 25 heavy (non-hydrogen) atoms. The Balaban J connectivity index is 1.91. The zero-order valence-electron chi connectivity index (χ0n) is 15.5. The molecule has 1 aliphatic rings. The maximum Gasteiger partial charge on any atom is 0.272 e. The Morgan fingerprint density at radius 1 is 1.16 bits per heavy atom. The van der Waals surface area contributed by atoms with E-state index < -0.39 is 0 Å². The van der Waals surface area contributed by atoms with Crippen molar-refractivity contribution >= 4 is 11.8 Å². The number of nitrogens with one attached hydrogen (secondary N) is 1. The monoisotopic (exact) mass is 347 g/mol. The third-order valence-electron chi connectivity index (χ3n) is 4.38. The van der Waals surface area contributed by atoms with Gasteiger partial charge < -0.3 is 20.0 Å². The molecule has 0 unspecified atom stereocenters. The molecular weight excluding hydrogens is 318 g/mol. The van der Waals surface area contributed by atoms with E-state index in [0.29, 0.717) is 31.0 Å². The van der Waals surface area contributed by atoms with Crippen LogP contribution < -0.4 is 5.32 Å². The van der Waals surface area contributed by atoms with Crippen molar-refractivity contribution < 1.29 is 9.59 Å². The summed E-state index contributed by atoms with van der Waals surface area (Å²) in [5.41, 5.74) is 0.633. The van der Waals surface area contributed by atoms with Crippen LogP contribution in [0.25, 0.3) is 0 Å². The Labute approximate surface area is 150 Å². The van der Waals surface area contributed by atoms with Gasteiger partial charge in [-0.3, -0.25) is 9.59 Å². The zero-order chi connectivity index (χ0) is 18.2. The van der Waals surface area contributed by atoms with E-state index in [9.17, 15) is 9.59 Å². The van der Waals surface area contributed by atoms with Crippen LogP contribution in [0.3, 0.4) is 0 Å². The molecule has 0 radical (unpaired) electrons. The summed E-state index contributed by atoms with van der Waals surface area (Å²) < 4.78 is 0. The van der Waals surface area contributed by atoms with Gasteiger partial charge >= 0.3 is 0 Å². The van der Waals surface area contributed by atoms with Gasteiger partial charge in [0.15, 0.2) is 0 Å². The second-order valence-electron chi connectivity index (χ2n) is 6.55. The molecule has 1 aromatic rings. The van der Waals surface area contributed by atoms with Gasteiger partial charge in [0.2, 0.25) is 0 Å². The summed E-state index contributed by atoms with van der Waals surface area (Å²) in [6.45, 7) is 7.81. The summed E-state index contributed by atoms with van der Waals surface area (Å²) in [6.07, 6.45) is 0.874. The molecule has 0 saturated carbocycles. The average Bonchev–Trinajstić information content (AvgIpc) is 2.64. The lowest BCUT2D eigenvalue weighted by molar-refractivity contribution is 0.0637. The highest BCUT2D eigenvalue weighted by atomic mass is 16.2. The first-order valence-electron chi connectivity index (χ1n) is 8.93. The molecule has 138 valence electrons. The number of carbonyl (C=O) groups is 2. The number of piperazine rings is 1. The van der Waals surface area contributed by atoms with E-state index in [1.54, 1.807) is 18.2 Å². The van der Waals surface area contributed by atoms with Gasteiger partial charge in [0.05, 0.1) is 0 Å². The van der Waals surface area contributed by atoms with Crippen LogP contribution >= 0.6 is 0 Å². The maximum atomic E-state index is 12.6. The number of amides is 2. The van der Waals surface area contributed by atoms with Gasteiger partial charge in [-0.25, -0.2) is 4.98 Å². The van der Waals surface area contributed by atoms with E-state index >= 15 is 0 Å². The molecule has 2 amide bonds. The molecule has 0 atom stereocenters. The van der Waals surface area contributed by atoms with Crippen LogP contribution in [-0.2, 0) is 0 Å². The summed E-state index contributed by atoms with van der Waals surface area (Å²) in [5.74, 6) is -0.331. The molecule has 1 fully saturated rings. The van der Waals surface area contributed by atoms with Crippen LogP contribution in [-0.4, -0.2) is 91.4 Å². The second-order valence-corrected chi connectivity index (χ2v) is 6.55. The van der Waals surface area contributed by atoms with Gasteiger partial charge in [-0.1, -0.05) is 13.0 Å². The van der Waals surface area contributed by atoms with E-state index in [0.717, 1.165) is 32.6 Å². The van der Waals surface area contributed by atoms with Crippen molar-refractivity contribution in [2.45, 2.75) is 13.3 Å². The molecule has 0 aliphatic carbocycles. The van der Waals surface area contributed by atoms with E-state index in [1.807, 2.05) is 19.0 Å². The minimum atomic E-state index is -0.232. The van der Waals surface area contributed by atoms with E-state index in [1.165, 1.54) is 0 Å². The lowest BCUT2D eigenvalue weighted by Crippen LogP contribution is -2.48. The molecule has 7 nitrogen and oxygen atoms in total. The maximum absolute atomic E-state index is 12.6. The minimum Gasteiger partial charge on any atom is -0.351 e. The van der Waals surface area contributed by atoms with Crippen LogP contribution in [0.4, 0.5) is 0 Å². The summed E-state index contributed by atoms with van der Waals surface area (Å²) in [7, 11) is 4.00. The van der Waals surface area contributed by atoms with Crippen LogP contribution in [0, 0.1) is 0 Å². The number of hydrogen-bond acceptors (Lipinski definition) is 5. The second kappa shape index (κ2) is 9.48. The molecule has 7 heteroatoms. The van der Waals surface area contributed by atoms with Crippen molar-refractivity contribution in [3.05, 3.63) is 29.6 Å². The predicted molar refractivity (Wildman–Crippen MR) is 97.8 cm³/mol. The lowest BCUT2D eigenvalue weighted by Gasteiger charge is -2.33. The van der Waals surface area contributed by atoms with Crippen molar-refractivity contribution in [2.24, 2.45) is 0 Å². The van der Waals surface area contributed by atoms with Gasteiger partial charge in [-0.05, 0) is 45.7 Å². The van der Waals surface area contributed by atoms with Crippen LogP contribution in [0.1, 0.15) is 34.3 Å². The fourth-order valence-corrected chi connectivity index (χ4v) is 2.80. The smallest absolute Gasteiger partial charge is 0.272 e. The highest BCUT2D eigenvalue weighted by Gasteiger charge is 2.22. The minimum absolute atomic E-state index is 0.0991. The highest BCUT2D eigenvalue weighted by Crippen LogP contribution is 2.08. The summed E-state index contributed by atoms with van der Waals surface area (Å²) in [6, 6.07) is 5.04. The van der Waals surface area contributed by atoms with Gasteiger partial charge in [0.1, 0.15) is 11.4 Å². The molecule has 2 heterocycles. The molecule has 0 aromatic carbocycles. The van der Waals surface area contributed by atoms with Gasteiger partial charge in [0.25, 0.3) is 11.8 Å². The van der Waals surface area contributed by atoms with Crippen molar-refractivity contribution in [2.75, 3.05) is 59.9 Å². The average molecular weight is 347 g/mol. The molecule has 1 saturated heterocycles. The Morgan fingerprint density at radius 3 is 2.48 bits per heavy atom. The third-order valence-corrected chi connectivity index (χ3v) is 4.38. The quantitative estimate of drug-likeness (QED) is 0.729. The summed E-state index contributed by atoms with van der Waals surface area (Å²) in [5, 5.41) is 2.85. The Morgan fingerprint density at radius 2 is 1.84 bits per heavy atom. The molecule has 0 bridgehead atoms. The van der Waals surface area contributed by atoms with Crippen molar-refractivity contribution in [1.29, 1.82) is 0 Å². The van der Waals surface area contributed by atoms with Crippen LogP contribution in [0.15, 0.2) is 18.2 Å². The lowest BCUT2D eigenvalue weighted by atomic mass is 10.2. The summed E-state index contributed by atoms with van der Waals surface area (Å²) >= 11 is 0. The number of nitrogens with zero attached hydrogens (tertiary/aromatic N) is 4. The molecule has 1 N–H and O–H groups in total. The molecular formula is C18H29N5O2. The Bertz CT molecular complexity index is 583. The fraction of sp³-hybridized carbons (Fsp3) is 0.611. The van der Waals surface area contributed by atoms with Gasteiger partial charge in [-0.2, -0.15) is 0 Å². The van der Waals surface area contributed by atoms with Crippen LogP contribution in [0.2, 0.25) is 0 Å². The number of pyridine rings is 1. The van der Waals surface area contributed by atoms with E-state index in [4.69, 9.17) is 0 Å². The number of aromatic nitrogens is 1. The highest BCUT2D eigenvalue weighted by molar-refractivity contribution is 5.96. The molecule has 0 spiro atoms. The largest absolute Gasteiger partial charge is 0.351 e. The van der Waals surface area contributed by atoms with Crippen molar-refractivity contribution in [3.8, 4) is 0 Å². The number of carbonyl (C=O) groups excluding carboxylic acids is 2. The third kappa shape index (κ3) is 5.79. The SMILES string of the molecule is CCN1CCN(C(=O)c2cccc(C(=O)NCCCN(C)C)n2)CC1. The van der Waals surface area contributed by atoms with Gasteiger partial charge in [-0.15, -0.1) is 0 Å². The predicted octanol–water partition coefficient (Wildman–Crippen LogP) is 0.541. The molecule has 2 rings (SSSR count). The Hall–Kier alpha value is -1.99. The summed E-state index contributed by atoms with van der Waals surface area (Å²) in [4.78, 5) is 35.3. The fourth-order valence-electron chi connectivity index (χ4n) is 2.80. The van der Waals surface area contributed by atoms with Crippen molar-refractivity contribution in [1.82, 2.24) is 25.0 Å². The molecule has 1 aliphatic heterocycles. The standard InChI is InChI=1S/C18H29N5O2/c1-4-22-11-13-23(14-12-22)18(25)16-8-5-7-15(20-16)17(24)19-9-6-10-21(2)3/h5,7-8H,4,6,9-14H2,1-3H3,(H,19,24). The van der Waals surface area contributed by atoms with Crippen LogP contribution in [0.5, 0.6) is 0 Å². The van der Waals surface area contributed by atoms with E-state index in [-0.39, 0.29) is 11.8 Å². The zero-order valence-corrected chi connectivity index (χ0v) is 15.5. The first-order chi connectivity index (χ1) is 12.0. The number of rotatable bonds is 7. The topological polar surface area (TPSA) is 68.8 Å². The first-order valence-corrected chi connectivity index (χ1v) is 8.93.